The first-order valence-corrected chi connectivity index (χ1v) is 8.30. The van der Waals surface area contributed by atoms with Crippen molar-refractivity contribution < 1.29 is 9.53 Å². The number of hydrogen-bond acceptors (Lipinski definition) is 5. The molecular formula is C19H20N4O3. The molecule has 0 spiro atoms. The molecule has 0 N–H and O–H groups in total. The Kier molecular flexibility index (Phi) is 5.70. The fourth-order valence-corrected chi connectivity index (χ4v) is 2.70. The van der Waals surface area contributed by atoms with Crippen LogP contribution < -0.4 is 5.43 Å². The Balaban J connectivity index is 1.83. The zero-order valence-corrected chi connectivity index (χ0v) is 14.5. The van der Waals surface area contributed by atoms with E-state index in [1.54, 1.807) is 41.1 Å². The van der Waals surface area contributed by atoms with Crippen molar-refractivity contribution >= 4 is 16.8 Å². The van der Waals surface area contributed by atoms with Gasteiger partial charge in [0.25, 0.3) is 0 Å². The third kappa shape index (κ3) is 4.12. The van der Waals surface area contributed by atoms with Gasteiger partial charge in [-0.05, 0) is 24.3 Å². The summed E-state index contributed by atoms with van der Waals surface area (Å²) in [6.45, 7) is 1.31. The van der Waals surface area contributed by atoms with Crippen molar-refractivity contribution in [3.05, 3.63) is 70.8 Å². The molecule has 0 saturated heterocycles. The number of carbonyl (C=O) groups excluding carboxylic acids is 1. The van der Waals surface area contributed by atoms with E-state index in [-0.39, 0.29) is 17.9 Å². The maximum absolute atomic E-state index is 12.9. The molecule has 0 radical (unpaired) electrons. The molecule has 0 fully saturated rings. The molecule has 7 heteroatoms. The van der Waals surface area contributed by atoms with Crippen LogP contribution in [0.15, 0.2) is 59.7 Å². The van der Waals surface area contributed by atoms with Gasteiger partial charge in [-0.15, -0.1) is 0 Å². The number of rotatable bonds is 7. The molecular weight excluding hydrogens is 332 g/mol. The van der Waals surface area contributed by atoms with E-state index >= 15 is 0 Å². The van der Waals surface area contributed by atoms with Crippen LogP contribution in [0.5, 0.6) is 0 Å². The monoisotopic (exact) mass is 352 g/mol. The van der Waals surface area contributed by atoms with Crippen LogP contribution in [-0.2, 0) is 22.6 Å². The lowest BCUT2D eigenvalue weighted by Crippen LogP contribution is -2.36. The minimum absolute atomic E-state index is 0.0390. The molecule has 134 valence electrons. The number of carbonyl (C=O) groups is 1. The Hall–Kier alpha value is -3.06. The molecule has 3 aromatic rings. The Morgan fingerprint density at radius 3 is 2.77 bits per heavy atom. The number of aromatic nitrogens is 3. The Morgan fingerprint density at radius 1 is 1.19 bits per heavy atom. The number of methoxy groups -OCH3 is 1. The first-order valence-electron chi connectivity index (χ1n) is 8.30. The number of benzene rings is 1. The van der Waals surface area contributed by atoms with Crippen molar-refractivity contribution in [2.45, 2.75) is 13.1 Å². The summed E-state index contributed by atoms with van der Waals surface area (Å²) in [6.07, 6.45) is 2.94. The molecule has 1 amide bonds. The lowest BCUT2D eigenvalue weighted by molar-refractivity contribution is -0.133. The highest BCUT2D eigenvalue weighted by Gasteiger charge is 2.16. The van der Waals surface area contributed by atoms with Crippen LogP contribution in [-0.4, -0.2) is 45.8 Å². The maximum Gasteiger partial charge on any atom is 0.244 e. The molecule has 3 rings (SSSR count). The minimum Gasteiger partial charge on any atom is -0.383 e. The van der Waals surface area contributed by atoms with E-state index in [1.807, 2.05) is 24.3 Å². The van der Waals surface area contributed by atoms with Gasteiger partial charge in [0.15, 0.2) is 0 Å². The highest BCUT2D eigenvalue weighted by atomic mass is 16.5. The highest BCUT2D eigenvalue weighted by molar-refractivity contribution is 5.81. The molecule has 0 atom stereocenters. The molecule has 0 aliphatic heterocycles. The molecule has 2 aromatic heterocycles. The van der Waals surface area contributed by atoms with E-state index in [0.29, 0.717) is 30.6 Å². The predicted molar refractivity (Wildman–Crippen MR) is 97.5 cm³/mol. The number of fused-ring (bicyclic) bond motifs is 1. The van der Waals surface area contributed by atoms with Gasteiger partial charge in [0.2, 0.25) is 11.3 Å². The molecule has 1 aromatic carbocycles. The normalized spacial score (nSPS) is 10.8. The zero-order chi connectivity index (χ0) is 18.4. The summed E-state index contributed by atoms with van der Waals surface area (Å²) in [4.78, 5) is 30.8. The Bertz CT molecular complexity index is 940. The van der Waals surface area contributed by atoms with Gasteiger partial charge in [-0.25, -0.2) is 0 Å². The largest absolute Gasteiger partial charge is 0.383 e. The number of amides is 1. The Morgan fingerprint density at radius 2 is 2.00 bits per heavy atom. The summed E-state index contributed by atoms with van der Waals surface area (Å²) in [6, 6.07) is 12.7. The van der Waals surface area contributed by atoms with Gasteiger partial charge >= 0.3 is 0 Å². The summed E-state index contributed by atoms with van der Waals surface area (Å²) in [7, 11) is 1.60. The number of ether oxygens (including phenoxy) is 1. The average molecular weight is 352 g/mol. The highest BCUT2D eigenvalue weighted by Crippen LogP contribution is 2.09. The lowest BCUT2D eigenvalue weighted by atomic mass is 10.2. The van der Waals surface area contributed by atoms with Gasteiger partial charge in [0.1, 0.15) is 6.54 Å². The zero-order valence-electron chi connectivity index (χ0n) is 14.5. The maximum atomic E-state index is 12.9. The third-order valence-electron chi connectivity index (χ3n) is 4.04. The predicted octanol–water partition coefficient (Wildman–Crippen LogP) is 1.47. The first kappa shape index (κ1) is 17.8. The van der Waals surface area contributed by atoms with E-state index in [4.69, 9.17) is 4.74 Å². The van der Waals surface area contributed by atoms with E-state index in [9.17, 15) is 9.59 Å². The van der Waals surface area contributed by atoms with Crippen LogP contribution in [0, 0.1) is 0 Å². The van der Waals surface area contributed by atoms with Crippen molar-refractivity contribution in [2.24, 2.45) is 0 Å². The standard InChI is InChI=1S/C19H20N4O3/c1-26-11-10-22(13-15-6-4-5-9-20-15)19(25)14-23-17-8-3-2-7-16(17)18(24)12-21-23/h2-9,12H,10-11,13-14H2,1H3. The number of hydrogen-bond donors (Lipinski definition) is 0. The van der Waals surface area contributed by atoms with Gasteiger partial charge in [0, 0.05) is 25.2 Å². The summed E-state index contributed by atoms with van der Waals surface area (Å²) in [5.41, 5.74) is 1.28. The summed E-state index contributed by atoms with van der Waals surface area (Å²) in [5, 5.41) is 4.67. The van der Waals surface area contributed by atoms with Crippen molar-refractivity contribution in [2.75, 3.05) is 20.3 Å². The average Bonchev–Trinajstić information content (AvgIpc) is 2.68. The summed E-state index contributed by atoms with van der Waals surface area (Å²) >= 11 is 0. The second-order valence-electron chi connectivity index (χ2n) is 5.81. The number of nitrogens with zero attached hydrogens (tertiary/aromatic N) is 4. The summed E-state index contributed by atoms with van der Waals surface area (Å²) in [5.74, 6) is -0.117. The number of pyridine rings is 1. The van der Waals surface area contributed by atoms with Gasteiger partial charge in [-0.2, -0.15) is 5.10 Å². The number of para-hydroxylation sites is 1. The smallest absolute Gasteiger partial charge is 0.244 e. The fraction of sp³-hybridized carbons (Fsp3) is 0.263. The van der Waals surface area contributed by atoms with Gasteiger partial charge in [-0.1, -0.05) is 18.2 Å². The first-order chi connectivity index (χ1) is 12.7. The van der Waals surface area contributed by atoms with Crippen LogP contribution in [0.4, 0.5) is 0 Å². The molecule has 0 aliphatic carbocycles. The van der Waals surface area contributed by atoms with Crippen molar-refractivity contribution in [1.82, 2.24) is 19.7 Å². The molecule has 7 nitrogen and oxygen atoms in total. The van der Waals surface area contributed by atoms with Crippen molar-refractivity contribution in [3.63, 3.8) is 0 Å². The molecule has 0 aliphatic rings. The van der Waals surface area contributed by atoms with E-state index in [2.05, 4.69) is 10.1 Å². The second kappa shape index (κ2) is 8.35. The van der Waals surface area contributed by atoms with Crippen LogP contribution in [0.2, 0.25) is 0 Å². The van der Waals surface area contributed by atoms with Gasteiger partial charge in [-0.3, -0.25) is 19.3 Å². The van der Waals surface area contributed by atoms with Crippen LogP contribution >= 0.6 is 0 Å². The van der Waals surface area contributed by atoms with Crippen molar-refractivity contribution in [3.8, 4) is 0 Å². The van der Waals surface area contributed by atoms with Gasteiger partial charge in [0.05, 0.1) is 30.6 Å². The topological polar surface area (TPSA) is 77.3 Å². The summed E-state index contributed by atoms with van der Waals surface area (Å²) < 4.78 is 6.67. The lowest BCUT2D eigenvalue weighted by Gasteiger charge is -2.22. The molecule has 2 heterocycles. The fourth-order valence-electron chi connectivity index (χ4n) is 2.70. The molecule has 0 bridgehead atoms. The molecule has 0 unspecified atom stereocenters. The SMILES string of the molecule is COCCN(Cc1ccccn1)C(=O)Cn1ncc(=O)c2ccccc21. The quantitative estimate of drug-likeness (QED) is 0.643. The van der Waals surface area contributed by atoms with Crippen LogP contribution in [0.1, 0.15) is 5.69 Å². The van der Waals surface area contributed by atoms with E-state index < -0.39 is 0 Å². The van der Waals surface area contributed by atoms with Crippen LogP contribution in [0.25, 0.3) is 10.9 Å². The minimum atomic E-state index is -0.158. The Labute approximate surface area is 150 Å². The third-order valence-corrected chi connectivity index (χ3v) is 4.04. The molecule has 0 saturated carbocycles. The van der Waals surface area contributed by atoms with E-state index in [0.717, 1.165) is 5.69 Å². The molecule has 26 heavy (non-hydrogen) atoms. The van der Waals surface area contributed by atoms with Crippen molar-refractivity contribution in [1.29, 1.82) is 0 Å². The second-order valence-corrected chi connectivity index (χ2v) is 5.81. The van der Waals surface area contributed by atoms with Gasteiger partial charge < -0.3 is 9.64 Å². The van der Waals surface area contributed by atoms with E-state index in [1.165, 1.54) is 6.20 Å². The van der Waals surface area contributed by atoms with Crippen LogP contribution in [0.3, 0.4) is 0 Å².